The van der Waals surface area contributed by atoms with Crippen LogP contribution in [0.2, 0.25) is 0 Å². The normalized spacial score (nSPS) is 20.7. The third kappa shape index (κ3) is 2.58. The number of benzene rings is 1. The number of amides is 2. The average Bonchev–Trinajstić information content (AvgIpc) is 2.85. The summed E-state index contributed by atoms with van der Waals surface area (Å²) in [7, 11) is 1.57. The van der Waals surface area contributed by atoms with Gasteiger partial charge >= 0.3 is 0 Å². The Balaban J connectivity index is 1.83. The molecule has 0 saturated carbocycles. The van der Waals surface area contributed by atoms with Crippen molar-refractivity contribution in [1.29, 1.82) is 0 Å². The van der Waals surface area contributed by atoms with Crippen molar-refractivity contribution < 1.29 is 19.4 Å². The highest BCUT2D eigenvalue weighted by Gasteiger charge is 2.34. The molecule has 114 valence electrons. The van der Waals surface area contributed by atoms with Gasteiger partial charge in [-0.1, -0.05) is 0 Å². The van der Waals surface area contributed by atoms with Gasteiger partial charge in [0, 0.05) is 24.2 Å². The van der Waals surface area contributed by atoms with Gasteiger partial charge < -0.3 is 20.5 Å². The molecule has 0 unspecified atom stereocenters. The van der Waals surface area contributed by atoms with Crippen molar-refractivity contribution in [2.24, 2.45) is 0 Å². The van der Waals surface area contributed by atoms with E-state index in [0.717, 1.165) is 5.39 Å². The van der Waals surface area contributed by atoms with Crippen molar-refractivity contribution >= 4 is 22.7 Å². The summed E-state index contributed by atoms with van der Waals surface area (Å²) in [6, 6.07) is 6.09. The Morgan fingerprint density at radius 2 is 2.27 bits per heavy atom. The molecule has 0 bridgehead atoms. The topological polar surface area (TPSA) is 101 Å². The maximum absolute atomic E-state index is 12.2. The Hall–Kier alpha value is -2.67. The Labute approximate surface area is 126 Å². The molecule has 1 fully saturated rings. The molecule has 0 aliphatic carbocycles. The third-order valence-corrected chi connectivity index (χ3v) is 3.59. The number of aliphatic hydroxyl groups is 1. The number of methoxy groups -OCH3 is 1. The van der Waals surface area contributed by atoms with Crippen molar-refractivity contribution in [3.63, 3.8) is 0 Å². The van der Waals surface area contributed by atoms with Crippen LogP contribution in [0.4, 0.5) is 0 Å². The second-order valence-electron chi connectivity index (χ2n) is 5.05. The van der Waals surface area contributed by atoms with Crippen molar-refractivity contribution in [3.05, 3.63) is 36.0 Å². The average molecular weight is 301 g/mol. The number of nitrogens with zero attached hydrogens (tertiary/aromatic N) is 1. The predicted molar refractivity (Wildman–Crippen MR) is 78.6 cm³/mol. The molecule has 0 radical (unpaired) electrons. The number of β-amino-alcohol motifs (C(OH)–C–C–N with tert-alkyl or cyclic N) is 1. The maximum atomic E-state index is 12.2. The molecule has 2 heterocycles. The van der Waals surface area contributed by atoms with Crippen molar-refractivity contribution in [1.82, 2.24) is 15.6 Å². The van der Waals surface area contributed by atoms with E-state index < -0.39 is 18.1 Å². The molecule has 1 aromatic carbocycles. The molecule has 3 rings (SSSR count). The molecule has 2 aromatic rings. The lowest BCUT2D eigenvalue weighted by Gasteiger charge is -2.13. The van der Waals surface area contributed by atoms with Gasteiger partial charge in [0.25, 0.3) is 5.91 Å². The molecular formula is C15H15N3O4. The number of carbonyl (C=O) groups excluding carboxylic acids is 2. The van der Waals surface area contributed by atoms with E-state index in [1.165, 1.54) is 6.20 Å². The molecule has 2 atom stereocenters. The summed E-state index contributed by atoms with van der Waals surface area (Å²) < 4.78 is 5.12. The number of ether oxygens (including phenoxy) is 1. The van der Waals surface area contributed by atoms with Crippen LogP contribution in [0.3, 0.4) is 0 Å². The van der Waals surface area contributed by atoms with Crippen molar-refractivity contribution in [3.8, 4) is 5.75 Å². The first kappa shape index (κ1) is 14.3. The number of rotatable bonds is 3. The standard InChI is InChI=1S/C15H15N3O4/c1-22-10-3-2-8-4-9(6-16-11(8)5-10)14(20)18-13-12(19)7-17-15(13)21/h2-6,12-13,19H,7H2,1H3,(H,17,21)(H,18,20)/t12-,13+/m1/s1. The van der Waals surface area contributed by atoms with Crippen molar-refractivity contribution in [2.45, 2.75) is 12.1 Å². The van der Waals surface area contributed by atoms with Gasteiger partial charge in [0.15, 0.2) is 0 Å². The van der Waals surface area contributed by atoms with Gasteiger partial charge in [-0.05, 0) is 18.2 Å². The Morgan fingerprint density at radius 3 is 2.95 bits per heavy atom. The Bertz CT molecular complexity index is 747. The number of aromatic nitrogens is 1. The van der Waals surface area contributed by atoms with Crippen LogP contribution >= 0.6 is 0 Å². The molecule has 1 aliphatic rings. The summed E-state index contributed by atoms with van der Waals surface area (Å²) in [5.74, 6) is -0.159. The summed E-state index contributed by atoms with van der Waals surface area (Å²) in [6.07, 6.45) is 0.505. The second-order valence-corrected chi connectivity index (χ2v) is 5.05. The molecule has 1 aliphatic heterocycles. The molecule has 0 spiro atoms. The van der Waals surface area contributed by atoms with E-state index in [9.17, 15) is 14.7 Å². The maximum Gasteiger partial charge on any atom is 0.253 e. The highest BCUT2D eigenvalue weighted by atomic mass is 16.5. The van der Waals surface area contributed by atoms with Crippen LogP contribution in [0, 0.1) is 0 Å². The first-order chi connectivity index (χ1) is 10.6. The van der Waals surface area contributed by atoms with Gasteiger partial charge in [-0.3, -0.25) is 14.6 Å². The SMILES string of the molecule is COc1ccc2cc(C(=O)N[C@@H]3C(=O)NC[C@H]3O)cnc2c1. The van der Waals surface area contributed by atoms with Gasteiger partial charge in [-0.2, -0.15) is 0 Å². The predicted octanol–water partition coefficient (Wildman–Crippen LogP) is -0.168. The fraction of sp³-hybridized carbons (Fsp3) is 0.267. The number of aliphatic hydroxyl groups excluding tert-OH is 1. The van der Waals surface area contributed by atoms with Gasteiger partial charge in [-0.15, -0.1) is 0 Å². The highest BCUT2D eigenvalue weighted by Crippen LogP contribution is 2.19. The number of fused-ring (bicyclic) bond motifs is 1. The van der Waals surface area contributed by atoms with Gasteiger partial charge in [-0.25, -0.2) is 0 Å². The molecule has 2 amide bonds. The lowest BCUT2D eigenvalue weighted by Crippen LogP contribution is -2.45. The number of hydrogen-bond acceptors (Lipinski definition) is 5. The van der Waals surface area contributed by atoms with E-state index in [1.54, 1.807) is 31.4 Å². The van der Waals surface area contributed by atoms with E-state index in [0.29, 0.717) is 16.8 Å². The first-order valence-corrected chi connectivity index (χ1v) is 6.79. The van der Waals surface area contributed by atoms with E-state index in [-0.39, 0.29) is 12.5 Å². The summed E-state index contributed by atoms with van der Waals surface area (Å²) in [4.78, 5) is 27.9. The van der Waals surface area contributed by atoms with Crippen LogP contribution in [-0.2, 0) is 4.79 Å². The number of hydrogen-bond donors (Lipinski definition) is 3. The lowest BCUT2D eigenvalue weighted by atomic mass is 10.1. The van der Waals surface area contributed by atoms with Crippen LogP contribution in [-0.4, -0.2) is 47.7 Å². The largest absolute Gasteiger partial charge is 0.497 e. The molecule has 1 aromatic heterocycles. The van der Waals surface area contributed by atoms with Crippen LogP contribution in [0.25, 0.3) is 10.9 Å². The van der Waals surface area contributed by atoms with E-state index in [1.807, 2.05) is 0 Å². The first-order valence-electron chi connectivity index (χ1n) is 6.79. The molecule has 22 heavy (non-hydrogen) atoms. The van der Waals surface area contributed by atoms with Gasteiger partial charge in [0.1, 0.15) is 17.9 Å². The fourth-order valence-corrected chi connectivity index (χ4v) is 2.35. The van der Waals surface area contributed by atoms with Crippen molar-refractivity contribution in [2.75, 3.05) is 13.7 Å². The number of nitrogens with one attached hydrogen (secondary N) is 2. The van der Waals surface area contributed by atoms with E-state index in [4.69, 9.17) is 4.74 Å². The summed E-state index contributed by atoms with van der Waals surface area (Å²) in [5, 5.41) is 15.4. The molecule has 7 nitrogen and oxygen atoms in total. The zero-order valence-corrected chi connectivity index (χ0v) is 11.9. The smallest absolute Gasteiger partial charge is 0.253 e. The quantitative estimate of drug-likeness (QED) is 0.731. The second kappa shape index (κ2) is 5.61. The minimum absolute atomic E-state index is 0.138. The van der Waals surface area contributed by atoms with E-state index >= 15 is 0 Å². The molecule has 1 saturated heterocycles. The minimum Gasteiger partial charge on any atom is -0.497 e. The van der Waals surface area contributed by atoms with Gasteiger partial charge in [0.05, 0.1) is 18.2 Å². The highest BCUT2D eigenvalue weighted by molar-refractivity contribution is 6.00. The number of pyridine rings is 1. The lowest BCUT2D eigenvalue weighted by molar-refractivity contribution is -0.121. The molecule has 7 heteroatoms. The minimum atomic E-state index is -0.931. The monoisotopic (exact) mass is 301 g/mol. The summed E-state index contributed by atoms with van der Waals surface area (Å²) in [5.41, 5.74) is 1.03. The fourth-order valence-electron chi connectivity index (χ4n) is 2.35. The van der Waals surface area contributed by atoms with Crippen LogP contribution < -0.4 is 15.4 Å². The third-order valence-electron chi connectivity index (χ3n) is 3.59. The zero-order valence-electron chi connectivity index (χ0n) is 11.9. The molecule has 3 N–H and O–H groups in total. The van der Waals surface area contributed by atoms with E-state index in [2.05, 4.69) is 15.6 Å². The van der Waals surface area contributed by atoms with Crippen LogP contribution in [0.15, 0.2) is 30.5 Å². The summed E-state index contributed by atoms with van der Waals surface area (Å²) in [6.45, 7) is 0.138. The van der Waals surface area contributed by atoms with Crippen LogP contribution in [0.1, 0.15) is 10.4 Å². The Morgan fingerprint density at radius 1 is 1.45 bits per heavy atom. The zero-order chi connectivity index (χ0) is 15.7. The summed E-state index contributed by atoms with van der Waals surface area (Å²) >= 11 is 0. The van der Waals surface area contributed by atoms with Gasteiger partial charge in [0.2, 0.25) is 5.91 Å². The molecular weight excluding hydrogens is 286 g/mol. The Kier molecular flexibility index (Phi) is 3.64. The van der Waals surface area contributed by atoms with Crippen LogP contribution in [0.5, 0.6) is 5.75 Å². The number of carbonyl (C=O) groups is 2.